The van der Waals surface area contributed by atoms with Gasteiger partial charge in [-0.1, -0.05) is 24.3 Å². The first-order chi connectivity index (χ1) is 12.5. The van der Waals surface area contributed by atoms with E-state index >= 15 is 0 Å². The van der Waals surface area contributed by atoms with Gasteiger partial charge in [-0.25, -0.2) is 9.18 Å². The van der Waals surface area contributed by atoms with E-state index in [0.29, 0.717) is 5.56 Å². The first kappa shape index (κ1) is 17.8. The lowest BCUT2D eigenvalue weighted by Crippen LogP contribution is -2.12. The fourth-order valence-corrected chi connectivity index (χ4v) is 2.99. The Hall–Kier alpha value is -3.05. The molecule has 0 unspecified atom stereocenters. The van der Waals surface area contributed by atoms with Gasteiger partial charge in [-0.2, -0.15) is 0 Å². The number of aryl methyl sites for hydroxylation is 1. The summed E-state index contributed by atoms with van der Waals surface area (Å²) >= 11 is 1.48. The van der Waals surface area contributed by atoms with Crippen LogP contribution in [0.4, 0.5) is 4.39 Å². The molecule has 2 aromatic carbocycles. The third-order valence-corrected chi connectivity index (χ3v) is 4.55. The maximum absolute atomic E-state index is 13.6. The summed E-state index contributed by atoms with van der Waals surface area (Å²) in [6.45, 7) is 1.79. The number of ketones is 1. The second-order valence-electron chi connectivity index (χ2n) is 5.56. The lowest BCUT2D eigenvalue weighted by atomic mass is 10.1. The molecule has 0 bridgehead atoms. The Kier molecular flexibility index (Phi) is 5.39. The van der Waals surface area contributed by atoms with E-state index in [1.54, 1.807) is 31.2 Å². The van der Waals surface area contributed by atoms with E-state index in [1.165, 1.54) is 23.5 Å². The van der Waals surface area contributed by atoms with Crippen LogP contribution in [0.15, 0.2) is 66.1 Å². The summed E-state index contributed by atoms with van der Waals surface area (Å²) in [6.07, 6.45) is 2.98. The SMILES string of the molecule is Cc1ccccc1C(=O)Oc1ccc(F)cc1C(=O)C=Cc1cccs1. The van der Waals surface area contributed by atoms with Crippen molar-refractivity contribution >= 4 is 29.2 Å². The topological polar surface area (TPSA) is 43.4 Å². The van der Waals surface area contributed by atoms with Gasteiger partial charge in [-0.15, -0.1) is 11.3 Å². The highest BCUT2D eigenvalue weighted by Crippen LogP contribution is 2.23. The number of ether oxygens (including phenoxy) is 1. The number of esters is 1. The molecule has 0 N–H and O–H groups in total. The Bertz CT molecular complexity index is 975. The van der Waals surface area contributed by atoms with Gasteiger partial charge in [0.1, 0.15) is 11.6 Å². The van der Waals surface area contributed by atoms with Crippen LogP contribution < -0.4 is 4.74 Å². The smallest absolute Gasteiger partial charge is 0.343 e. The molecular weight excluding hydrogens is 351 g/mol. The molecule has 0 aliphatic heterocycles. The van der Waals surface area contributed by atoms with Gasteiger partial charge in [0, 0.05) is 4.88 Å². The number of allylic oxidation sites excluding steroid dienone is 1. The van der Waals surface area contributed by atoms with Crippen molar-refractivity contribution < 1.29 is 18.7 Å². The van der Waals surface area contributed by atoms with Gasteiger partial charge >= 0.3 is 5.97 Å². The van der Waals surface area contributed by atoms with E-state index in [0.717, 1.165) is 22.6 Å². The maximum Gasteiger partial charge on any atom is 0.343 e. The van der Waals surface area contributed by atoms with Crippen LogP contribution in [0.3, 0.4) is 0 Å². The number of halogens is 1. The maximum atomic E-state index is 13.6. The first-order valence-electron chi connectivity index (χ1n) is 7.88. The van der Waals surface area contributed by atoms with Crippen LogP contribution in [-0.2, 0) is 0 Å². The van der Waals surface area contributed by atoms with E-state index in [2.05, 4.69) is 0 Å². The van der Waals surface area contributed by atoms with E-state index in [-0.39, 0.29) is 11.3 Å². The van der Waals surface area contributed by atoms with Crippen molar-refractivity contribution in [1.29, 1.82) is 0 Å². The number of thiophene rings is 1. The monoisotopic (exact) mass is 366 g/mol. The molecular formula is C21H15FO3S. The Balaban J connectivity index is 1.87. The average molecular weight is 366 g/mol. The number of hydrogen-bond donors (Lipinski definition) is 0. The zero-order valence-electron chi connectivity index (χ0n) is 13.9. The number of carbonyl (C=O) groups excluding carboxylic acids is 2. The van der Waals surface area contributed by atoms with Gasteiger partial charge in [-0.05, 0) is 60.4 Å². The highest BCUT2D eigenvalue weighted by molar-refractivity contribution is 7.10. The van der Waals surface area contributed by atoms with E-state index < -0.39 is 17.6 Å². The van der Waals surface area contributed by atoms with Crippen molar-refractivity contribution in [2.75, 3.05) is 0 Å². The first-order valence-corrected chi connectivity index (χ1v) is 8.76. The number of benzene rings is 2. The number of hydrogen-bond acceptors (Lipinski definition) is 4. The molecule has 0 saturated heterocycles. The van der Waals surface area contributed by atoms with Crippen LogP contribution in [0.2, 0.25) is 0 Å². The van der Waals surface area contributed by atoms with E-state index in [9.17, 15) is 14.0 Å². The fourth-order valence-electron chi connectivity index (χ4n) is 2.37. The van der Waals surface area contributed by atoms with Crippen molar-refractivity contribution in [2.45, 2.75) is 6.92 Å². The Morgan fingerprint density at radius 1 is 1.04 bits per heavy atom. The highest BCUT2D eigenvalue weighted by atomic mass is 32.1. The Morgan fingerprint density at radius 3 is 2.58 bits per heavy atom. The summed E-state index contributed by atoms with van der Waals surface area (Å²) in [4.78, 5) is 25.7. The minimum atomic E-state index is -0.592. The second kappa shape index (κ2) is 7.89. The van der Waals surface area contributed by atoms with Gasteiger partial charge < -0.3 is 4.74 Å². The molecule has 0 atom stereocenters. The molecule has 0 radical (unpaired) electrons. The van der Waals surface area contributed by atoms with Crippen LogP contribution >= 0.6 is 11.3 Å². The molecule has 0 amide bonds. The molecule has 3 nitrogen and oxygen atoms in total. The van der Waals surface area contributed by atoms with Gasteiger partial charge in [0.25, 0.3) is 0 Å². The molecule has 1 heterocycles. The van der Waals surface area contributed by atoms with Crippen molar-refractivity contribution in [3.63, 3.8) is 0 Å². The lowest BCUT2D eigenvalue weighted by molar-refractivity contribution is 0.0732. The minimum absolute atomic E-state index is 0.000240. The second-order valence-corrected chi connectivity index (χ2v) is 6.54. The predicted molar refractivity (Wildman–Crippen MR) is 100 cm³/mol. The van der Waals surface area contributed by atoms with E-state index in [4.69, 9.17) is 4.74 Å². The quantitative estimate of drug-likeness (QED) is 0.266. The normalized spacial score (nSPS) is 10.8. The average Bonchev–Trinajstić information content (AvgIpc) is 3.15. The van der Waals surface area contributed by atoms with E-state index in [1.807, 2.05) is 23.6 Å². The predicted octanol–water partition coefficient (Wildman–Crippen LogP) is 5.31. The summed E-state index contributed by atoms with van der Waals surface area (Å²) in [6, 6.07) is 14.2. The minimum Gasteiger partial charge on any atom is -0.422 e. The van der Waals surface area contributed by atoms with Crippen LogP contribution in [-0.4, -0.2) is 11.8 Å². The fraction of sp³-hybridized carbons (Fsp3) is 0.0476. The summed E-state index contributed by atoms with van der Waals surface area (Å²) in [7, 11) is 0. The van der Waals surface area contributed by atoms with Crippen LogP contribution in [0.1, 0.15) is 31.2 Å². The van der Waals surface area contributed by atoms with Gasteiger partial charge in [0.05, 0.1) is 11.1 Å². The largest absolute Gasteiger partial charge is 0.422 e. The molecule has 0 fully saturated rings. The molecule has 0 aliphatic carbocycles. The zero-order chi connectivity index (χ0) is 18.5. The molecule has 0 aliphatic rings. The molecule has 3 aromatic rings. The Labute approximate surface area is 154 Å². The third-order valence-electron chi connectivity index (χ3n) is 3.72. The number of rotatable bonds is 5. The molecule has 5 heteroatoms. The zero-order valence-corrected chi connectivity index (χ0v) is 14.8. The van der Waals surface area contributed by atoms with Crippen molar-refractivity contribution in [1.82, 2.24) is 0 Å². The van der Waals surface area contributed by atoms with Crippen LogP contribution in [0.25, 0.3) is 6.08 Å². The highest BCUT2D eigenvalue weighted by Gasteiger charge is 2.17. The van der Waals surface area contributed by atoms with Crippen molar-refractivity contribution in [2.24, 2.45) is 0 Å². The molecule has 3 rings (SSSR count). The van der Waals surface area contributed by atoms with Gasteiger partial charge in [0.15, 0.2) is 5.78 Å². The van der Waals surface area contributed by atoms with Crippen molar-refractivity contribution in [3.05, 3.63) is 93.4 Å². The van der Waals surface area contributed by atoms with Crippen molar-refractivity contribution in [3.8, 4) is 5.75 Å². The van der Waals surface area contributed by atoms with Gasteiger partial charge in [0.2, 0.25) is 0 Å². The summed E-state index contributed by atoms with van der Waals surface area (Å²) in [5.74, 6) is -1.58. The summed E-state index contributed by atoms with van der Waals surface area (Å²) < 4.78 is 19.0. The summed E-state index contributed by atoms with van der Waals surface area (Å²) in [5.41, 5.74) is 1.15. The van der Waals surface area contributed by atoms with Crippen LogP contribution in [0.5, 0.6) is 5.75 Å². The molecule has 130 valence electrons. The summed E-state index contributed by atoms with van der Waals surface area (Å²) in [5, 5.41) is 1.89. The third kappa shape index (κ3) is 4.13. The number of carbonyl (C=O) groups is 2. The lowest BCUT2D eigenvalue weighted by Gasteiger charge is -2.10. The van der Waals surface area contributed by atoms with Crippen LogP contribution in [0, 0.1) is 12.7 Å². The molecule has 26 heavy (non-hydrogen) atoms. The van der Waals surface area contributed by atoms with Gasteiger partial charge in [-0.3, -0.25) is 4.79 Å². The molecule has 1 aromatic heterocycles. The standard InChI is InChI=1S/C21H15FO3S/c1-14-5-2-3-7-17(14)21(24)25-20-11-8-15(22)13-18(20)19(23)10-9-16-6-4-12-26-16/h2-13H,1H3. The molecule has 0 spiro atoms. The Morgan fingerprint density at radius 2 is 1.85 bits per heavy atom. The molecule has 0 saturated carbocycles.